The zero-order valence-corrected chi connectivity index (χ0v) is 12.1. The number of aryl methyl sites for hydroxylation is 1. The third-order valence-corrected chi connectivity index (χ3v) is 3.48. The van der Waals surface area contributed by atoms with Gasteiger partial charge in [0.1, 0.15) is 5.82 Å². The predicted octanol–water partition coefficient (Wildman–Crippen LogP) is 4.40. The van der Waals surface area contributed by atoms with E-state index in [0.29, 0.717) is 0 Å². The molecule has 0 aliphatic heterocycles. The van der Waals surface area contributed by atoms with Gasteiger partial charge in [0.05, 0.1) is 11.6 Å². The van der Waals surface area contributed by atoms with Gasteiger partial charge in [-0.3, -0.25) is 0 Å². The van der Waals surface area contributed by atoms with E-state index in [0.717, 1.165) is 23.2 Å². The summed E-state index contributed by atoms with van der Waals surface area (Å²) in [4.78, 5) is 10.9. The highest BCUT2D eigenvalue weighted by molar-refractivity contribution is 5.88. The number of carbonyl (C=O) groups is 1. The zero-order chi connectivity index (χ0) is 15.4. The minimum atomic E-state index is -0.935. The standard InChI is InChI=1S/C17H18FNO2/c1-3-15(12-4-7-14(18)8-5-12)19-16-9-6-13(17(20)21)10-11(16)2/h4-10,15,19H,3H2,1-2H3,(H,20,21). The minimum Gasteiger partial charge on any atom is -0.478 e. The van der Waals surface area contributed by atoms with E-state index in [-0.39, 0.29) is 17.4 Å². The monoisotopic (exact) mass is 287 g/mol. The van der Waals surface area contributed by atoms with Gasteiger partial charge in [-0.1, -0.05) is 19.1 Å². The zero-order valence-electron chi connectivity index (χ0n) is 12.1. The molecule has 3 nitrogen and oxygen atoms in total. The van der Waals surface area contributed by atoms with Gasteiger partial charge < -0.3 is 10.4 Å². The summed E-state index contributed by atoms with van der Waals surface area (Å²) in [6.45, 7) is 3.91. The molecule has 0 bridgehead atoms. The Morgan fingerprint density at radius 2 is 1.90 bits per heavy atom. The second-order valence-electron chi connectivity index (χ2n) is 4.99. The summed E-state index contributed by atoms with van der Waals surface area (Å²) in [5, 5.41) is 12.4. The van der Waals surface area contributed by atoms with Gasteiger partial charge in [0.15, 0.2) is 0 Å². The fourth-order valence-electron chi connectivity index (χ4n) is 2.26. The molecule has 2 N–H and O–H groups in total. The molecule has 4 heteroatoms. The van der Waals surface area contributed by atoms with E-state index < -0.39 is 5.97 Å². The van der Waals surface area contributed by atoms with Gasteiger partial charge >= 0.3 is 5.97 Å². The molecule has 1 unspecified atom stereocenters. The number of nitrogens with one attached hydrogen (secondary N) is 1. The molecule has 0 aliphatic carbocycles. The fourth-order valence-corrected chi connectivity index (χ4v) is 2.26. The third-order valence-electron chi connectivity index (χ3n) is 3.48. The molecular formula is C17H18FNO2. The van der Waals surface area contributed by atoms with E-state index in [4.69, 9.17) is 5.11 Å². The van der Waals surface area contributed by atoms with Crippen LogP contribution in [0.25, 0.3) is 0 Å². The maximum atomic E-state index is 13.0. The second-order valence-corrected chi connectivity index (χ2v) is 4.99. The Balaban J connectivity index is 2.22. The molecule has 0 fully saturated rings. The number of benzene rings is 2. The molecule has 0 heterocycles. The Labute approximate surface area is 123 Å². The smallest absolute Gasteiger partial charge is 0.335 e. The molecule has 0 saturated heterocycles. The molecule has 110 valence electrons. The van der Waals surface area contributed by atoms with Gasteiger partial charge in [0.25, 0.3) is 0 Å². The van der Waals surface area contributed by atoms with Crippen LogP contribution in [0.1, 0.15) is 40.9 Å². The largest absolute Gasteiger partial charge is 0.478 e. The average Bonchev–Trinajstić information content (AvgIpc) is 2.47. The predicted molar refractivity (Wildman–Crippen MR) is 81.2 cm³/mol. The van der Waals surface area contributed by atoms with Gasteiger partial charge in [0, 0.05) is 5.69 Å². The summed E-state index contributed by atoms with van der Waals surface area (Å²) in [5.41, 5.74) is 3.03. The highest BCUT2D eigenvalue weighted by Crippen LogP contribution is 2.25. The SMILES string of the molecule is CCC(Nc1ccc(C(=O)O)cc1C)c1ccc(F)cc1. The van der Waals surface area contributed by atoms with Gasteiger partial charge in [-0.25, -0.2) is 9.18 Å². The number of carboxylic acids is 1. The molecule has 0 aromatic heterocycles. The Bertz CT molecular complexity index is 638. The summed E-state index contributed by atoms with van der Waals surface area (Å²) in [5.74, 6) is -1.19. The first-order chi connectivity index (χ1) is 10.0. The molecule has 1 atom stereocenters. The number of rotatable bonds is 5. The number of aromatic carboxylic acids is 1. The molecule has 0 radical (unpaired) electrons. The van der Waals surface area contributed by atoms with E-state index in [1.165, 1.54) is 12.1 Å². The van der Waals surface area contributed by atoms with Gasteiger partial charge in [-0.15, -0.1) is 0 Å². The number of halogens is 1. The first-order valence-electron chi connectivity index (χ1n) is 6.87. The van der Waals surface area contributed by atoms with Crippen LogP contribution in [0.3, 0.4) is 0 Å². The molecule has 21 heavy (non-hydrogen) atoms. The Hall–Kier alpha value is -2.36. The van der Waals surface area contributed by atoms with Crippen LogP contribution in [0.2, 0.25) is 0 Å². The highest BCUT2D eigenvalue weighted by Gasteiger charge is 2.12. The van der Waals surface area contributed by atoms with Crippen LogP contribution in [-0.2, 0) is 0 Å². The van der Waals surface area contributed by atoms with Crippen molar-refractivity contribution in [2.75, 3.05) is 5.32 Å². The molecule has 2 aromatic rings. The Kier molecular flexibility index (Phi) is 4.58. The molecule has 2 rings (SSSR count). The summed E-state index contributed by atoms with van der Waals surface area (Å²) in [7, 11) is 0. The van der Waals surface area contributed by atoms with Crippen molar-refractivity contribution in [2.24, 2.45) is 0 Å². The van der Waals surface area contributed by atoms with Crippen LogP contribution in [-0.4, -0.2) is 11.1 Å². The van der Waals surface area contributed by atoms with E-state index in [1.54, 1.807) is 30.3 Å². The molecule has 0 spiro atoms. The third kappa shape index (κ3) is 3.60. The van der Waals surface area contributed by atoms with Crippen molar-refractivity contribution >= 4 is 11.7 Å². The number of anilines is 1. The second kappa shape index (κ2) is 6.39. The van der Waals surface area contributed by atoms with Crippen molar-refractivity contribution in [1.82, 2.24) is 0 Å². The van der Waals surface area contributed by atoms with Crippen LogP contribution in [0.5, 0.6) is 0 Å². The van der Waals surface area contributed by atoms with E-state index >= 15 is 0 Å². The lowest BCUT2D eigenvalue weighted by Crippen LogP contribution is -2.11. The Morgan fingerprint density at radius 3 is 2.43 bits per heavy atom. The van der Waals surface area contributed by atoms with E-state index in [2.05, 4.69) is 5.32 Å². The van der Waals surface area contributed by atoms with Crippen LogP contribution in [0.4, 0.5) is 10.1 Å². The maximum Gasteiger partial charge on any atom is 0.335 e. The normalized spacial score (nSPS) is 12.0. The lowest BCUT2D eigenvalue weighted by Gasteiger charge is -2.20. The Morgan fingerprint density at radius 1 is 1.24 bits per heavy atom. The molecule has 0 aliphatic rings. The maximum absolute atomic E-state index is 13.0. The number of carboxylic acid groups (broad SMARTS) is 1. The lowest BCUT2D eigenvalue weighted by atomic mass is 10.0. The summed E-state index contributed by atoms with van der Waals surface area (Å²) < 4.78 is 13.0. The van der Waals surface area contributed by atoms with Gasteiger partial charge in [-0.2, -0.15) is 0 Å². The van der Waals surface area contributed by atoms with Crippen LogP contribution in [0, 0.1) is 12.7 Å². The van der Waals surface area contributed by atoms with E-state index in [1.807, 2.05) is 13.8 Å². The van der Waals surface area contributed by atoms with Crippen LogP contribution < -0.4 is 5.32 Å². The van der Waals surface area contributed by atoms with Gasteiger partial charge in [0.2, 0.25) is 0 Å². The number of hydrogen-bond acceptors (Lipinski definition) is 2. The lowest BCUT2D eigenvalue weighted by molar-refractivity contribution is 0.0697. The topological polar surface area (TPSA) is 49.3 Å². The fraction of sp³-hybridized carbons (Fsp3) is 0.235. The highest BCUT2D eigenvalue weighted by atomic mass is 19.1. The summed E-state index contributed by atoms with van der Waals surface area (Å²) >= 11 is 0. The first kappa shape index (κ1) is 15.0. The number of hydrogen-bond donors (Lipinski definition) is 2. The summed E-state index contributed by atoms with van der Waals surface area (Å²) in [6, 6.07) is 11.5. The molecule has 0 saturated carbocycles. The average molecular weight is 287 g/mol. The minimum absolute atomic E-state index is 0.0555. The van der Waals surface area contributed by atoms with Crippen LogP contribution >= 0.6 is 0 Å². The van der Waals surface area contributed by atoms with Gasteiger partial charge in [-0.05, 0) is 54.8 Å². The summed E-state index contributed by atoms with van der Waals surface area (Å²) in [6.07, 6.45) is 0.839. The van der Waals surface area contributed by atoms with E-state index in [9.17, 15) is 9.18 Å². The first-order valence-corrected chi connectivity index (χ1v) is 6.87. The van der Waals surface area contributed by atoms with Crippen molar-refractivity contribution in [3.05, 3.63) is 65.0 Å². The molecule has 2 aromatic carbocycles. The van der Waals surface area contributed by atoms with Crippen molar-refractivity contribution in [2.45, 2.75) is 26.3 Å². The molecular weight excluding hydrogens is 269 g/mol. The molecule has 0 amide bonds. The quantitative estimate of drug-likeness (QED) is 0.857. The van der Waals surface area contributed by atoms with Crippen LogP contribution in [0.15, 0.2) is 42.5 Å². The van der Waals surface area contributed by atoms with Crippen molar-refractivity contribution in [3.8, 4) is 0 Å². The van der Waals surface area contributed by atoms with Crippen molar-refractivity contribution in [1.29, 1.82) is 0 Å². The van der Waals surface area contributed by atoms with Crippen molar-refractivity contribution < 1.29 is 14.3 Å². The van der Waals surface area contributed by atoms with Crippen molar-refractivity contribution in [3.63, 3.8) is 0 Å².